The van der Waals surface area contributed by atoms with Gasteiger partial charge in [-0.25, -0.2) is 4.79 Å². The summed E-state index contributed by atoms with van der Waals surface area (Å²) in [6, 6.07) is 12.4. The van der Waals surface area contributed by atoms with E-state index < -0.39 is 5.97 Å². The van der Waals surface area contributed by atoms with E-state index in [1.54, 1.807) is 11.8 Å². The number of carboxylic acid groups (broad SMARTS) is 1. The SMILES string of the molecule is Cc1cc(Sc2cc(CN3CCOCC3)cc(OC3CCCC3)c2)ccc1OCC(=O)O. The van der Waals surface area contributed by atoms with Crippen LogP contribution in [-0.4, -0.2) is 55.0 Å². The van der Waals surface area contributed by atoms with Gasteiger partial charge in [0, 0.05) is 29.4 Å². The Morgan fingerprint density at radius 2 is 1.91 bits per heavy atom. The second-order valence-electron chi connectivity index (χ2n) is 8.44. The van der Waals surface area contributed by atoms with E-state index in [0.717, 1.165) is 66.8 Å². The average molecular weight is 458 g/mol. The van der Waals surface area contributed by atoms with Gasteiger partial charge in [-0.1, -0.05) is 11.8 Å². The highest BCUT2D eigenvalue weighted by molar-refractivity contribution is 7.99. The monoisotopic (exact) mass is 457 g/mol. The van der Waals surface area contributed by atoms with E-state index in [1.807, 2.05) is 25.1 Å². The Labute approximate surface area is 193 Å². The van der Waals surface area contributed by atoms with Crippen LogP contribution in [0.5, 0.6) is 11.5 Å². The zero-order chi connectivity index (χ0) is 22.3. The van der Waals surface area contributed by atoms with E-state index in [9.17, 15) is 4.79 Å². The number of hydrogen-bond donors (Lipinski definition) is 1. The van der Waals surface area contributed by atoms with E-state index >= 15 is 0 Å². The van der Waals surface area contributed by atoms with Crippen LogP contribution in [0.2, 0.25) is 0 Å². The lowest BCUT2D eigenvalue weighted by Crippen LogP contribution is -2.35. The van der Waals surface area contributed by atoms with Crippen molar-refractivity contribution in [3.63, 3.8) is 0 Å². The van der Waals surface area contributed by atoms with E-state index in [-0.39, 0.29) is 6.61 Å². The molecule has 1 aliphatic carbocycles. The lowest BCUT2D eigenvalue weighted by Gasteiger charge is -2.27. The smallest absolute Gasteiger partial charge is 0.341 e. The predicted octanol–water partition coefficient (Wildman–Crippen LogP) is 4.76. The van der Waals surface area contributed by atoms with Crippen LogP contribution in [0.4, 0.5) is 0 Å². The fourth-order valence-electron chi connectivity index (χ4n) is 4.19. The highest BCUT2D eigenvalue weighted by Gasteiger charge is 2.18. The summed E-state index contributed by atoms with van der Waals surface area (Å²) in [7, 11) is 0. The molecule has 1 aliphatic heterocycles. The molecule has 0 aromatic heterocycles. The van der Waals surface area contributed by atoms with Crippen molar-refractivity contribution in [2.75, 3.05) is 32.9 Å². The second-order valence-corrected chi connectivity index (χ2v) is 9.58. The van der Waals surface area contributed by atoms with Crippen molar-refractivity contribution in [2.45, 2.75) is 55.0 Å². The molecule has 2 aromatic rings. The number of nitrogens with zero attached hydrogens (tertiary/aromatic N) is 1. The number of aliphatic carboxylic acids is 1. The Morgan fingerprint density at radius 1 is 1.12 bits per heavy atom. The van der Waals surface area contributed by atoms with E-state index in [2.05, 4.69) is 23.1 Å². The molecule has 2 aliphatic rings. The molecule has 2 fully saturated rings. The zero-order valence-corrected chi connectivity index (χ0v) is 19.4. The maximum atomic E-state index is 10.8. The van der Waals surface area contributed by atoms with Crippen LogP contribution in [0.3, 0.4) is 0 Å². The van der Waals surface area contributed by atoms with Crippen molar-refractivity contribution >= 4 is 17.7 Å². The maximum absolute atomic E-state index is 10.8. The Hall–Kier alpha value is -2.22. The van der Waals surface area contributed by atoms with Crippen LogP contribution >= 0.6 is 11.8 Å². The van der Waals surface area contributed by atoms with Crippen molar-refractivity contribution in [2.24, 2.45) is 0 Å². The van der Waals surface area contributed by atoms with Crippen LogP contribution in [-0.2, 0) is 16.1 Å². The first-order valence-corrected chi connectivity index (χ1v) is 12.1. The van der Waals surface area contributed by atoms with Gasteiger partial charge in [0.05, 0.1) is 19.3 Å². The standard InChI is InChI=1S/C25H31NO5S/c1-18-12-22(6-7-24(18)30-17-25(27)28)32-23-14-19(16-26-8-10-29-11-9-26)13-21(15-23)31-20-4-2-3-5-20/h6-7,12-15,20H,2-5,8-11,16-17H2,1H3,(H,27,28). The third kappa shape index (κ3) is 6.64. The van der Waals surface area contributed by atoms with Gasteiger partial charge in [0.15, 0.2) is 6.61 Å². The van der Waals surface area contributed by atoms with Crippen LogP contribution < -0.4 is 9.47 Å². The molecule has 0 spiro atoms. The molecule has 32 heavy (non-hydrogen) atoms. The maximum Gasteiger partial charge on any atom is 0.341 e. The topological polar surface area (TPSA) is 68.2 Å². The minimum absolute atomic E-state index is 0.319. The summed E-state index contributed by atoms with van der Waals surface area (Å²) in [5.41, 5.74) is 2.17. The fourth-order valence-corrected chi connectivity index (χ4v) is 5.22. The van der Waals surface area contributed by atoms with Gasteiger partial charge < -0.3 is 19.3 Å². The van der Waals surface area contributed by atoms with Crippen molar-refractivity contribution in [3.05, 3.63) is 47.5 Å². The number of hydrogen-bond acceptors (Lipinski definition) is 6. The first kappa shape index (κ1) is 23.0. The molecule has 172 valence electrons. The third-order valence-electron chi connectivity index (χ3n) is 5.79. The predicted molar refractivity (Wildman–Crippen MR) is 124 cm³/mol. The minimum Gasteiger partial charge on any atom is -0.490 e. The summed E-state index contributed by atoms with van der Waals surface area (Å²) in [4.78, 5) is 15.4. The van der Waals surface area contributed by atoms with Crippen molar-refractivity contribution in [3.8, 4) is 11.5 Å². The first-order valence-electron chi connectivity index (χ1n) is 11.3. The average Bonchev–Trinajstić information content (AvgIpc) is 3.26. The molecule has 1 saturated heterocycles. The molecule has 1 saturated carbocycles. The lowest BCUT2D eigenvalue weighted by atomic mass is 10.2. The number of aryl methyl sites for hydroxylation is 1. The molecule has 0 unspecified atom stereocenters. The van der Waals surface area contributed by atoms with Gasteiger partial charge in [-0.15, -0.1) is 0 Å². The normalized spacial score (nSPS) is 17.4. The van der Waals surface area contributed by atoms with Gasteiger partial charge >= 0.3 is 5.97 Å². The first-order chi connectivity index (χ1) is 15.5. The summed E-state index contributed by atoms with van der Waals surface area (Å²) in [6.07, 6.45) is 5.07. The summed E-state index contributed by atoms with van der Waals surface area (Å²) in [5.74, 6) is 0.570. The Bertz CT molecular complexity index is 923. The number of rotatable bonds is 9. The molecular weight excluding hydrogens is 426 g/mol. The molecule has 1 N–H and O–H groups in total. The van der Waals surface area contributed by atoms with Crippen LogP contribution in [0.25, 0.3) is 0 Å². The van der Waals surface area contributed by atoms with Crippen LogP contribution in [0, 0.1) is 6.92 Å². The van der Waals surface area contributed by atoms with Gasteiger partial charge in [-0.2, -0.15) is 0 Å². The van der Waals surface area contributed by atoms with Crippen LogP contribution in [0.15, 0.2) is 46.2 Å². The van der Waals surface area contributed by atoms with E-state index in [4.69, 9.17) is 19.3 Å². The molecule has 4 rings (SSSR count). The third-order valence-corrected chi connectivity index (χ3v) is 6.75. The van der Waals surface area contributed by atoms with Gasteiger partial charge in [-0.05, 0) is 80.1 Å². The number of carboxylic acids is 1. The largest absolute Gasteiger partial charge is 0.490 e. The van der Waals surface area contributed by atoms with Crippen LogP contribution in [0.1, 0.15) is 36.8 Å². The molecule has 0 atom stereocenters. The molecule has 1 heterocycles. The molecule has 2 aromatic carbocycles. The molecular formula is C25H31NO5S. The second kappa shape index (κ2) is 11.1. The van der Waals surface area contributed by atoms with Gasteiger partial charge in [-0.3, -0.25) is 4.90 Å². The van der Waals surface area contributed by atoms with Crippen molar-refractivity contribution in [1.29, 1.82) is 0 Å². The summed E-state index contributed by atoms with van der Waals surface area (Å²) in [5, 5.41) is 8.84. The zero-order valence-electron chi connectivity index (χ0n) is 18.5. The van der Waals surface area contributed by atoms with Gasteiger partial charge in [0.2, 0.25) is 0 Å². The number of carbonyl (C=O) groups is 1. The number of ether oxygens (including phenoxy) is 3. The van der Waals surface area contributed by atoms with E-state index in [0.29, 0.717) is 11.9 Å². The fraction of sp³-hybridized carbons (Fsp3) is 0.480. The molecule has 0 bridgehead atoms. The quantitative estimate of drug-likeness (QED) is 0.582. The summed E-state index contributed by atoms with van der Waals surface area (Å²) in [6.45, 7) is 5.97. The number of benzene rings is 2. The van der Waals surface area contributed by atoms with Gasteiger partial charge in [0.1, 0.15) is 11.5 Å². The Balaban J connectivity index is 1.51. The number of morpholine rings is 1. The minimum atomic E-state index is -0.977. The highest BCUT2D eigenvalue weighted by atomic mass is 32.2. The van der Waals surface area contributed by atoms with Crippen molar-refractivity contribution < 1.29 is 24.1 Å². The van der Waals surface area contributed by atoms with Gasteiger partial charge in [0.25, 0.3) is 0 Å². The summed E-state index contributed by atoms with van der Waals surface area (Å²) >= 11 is 1.69. The molecule has 7 heteroatoms. The Kier molecular flexibility index (Phi) is 7.95. The Morgan fingerprint density at radius 3 is 2.62 bits per heavy atom. The molecule has 0 radical (unpaired) electrons. The lowest BCUT2D eigenvalue weighted by molar-refractivity contribution is -0.139. The highest BCUT2D eigenvalue weighted by Crippen LogP contribution is 2.35. The van der Waals surface area contributed by atoms with Crippen molar-refractivity contribution in [1.82, 2.24) is 4.90 Å². The summed E-state index contributed by atoms with van der Waals surface area (Å²) < 4.78 is 17.2. The molecule has 6 nitrogen and oxygen atoms in total. The van der Waals surface area contributed by atoms with E-state index in [1.165, 1.54) is 18.4 Å². The molecule has 0 amide bonds.